The Hall–Kier alpha value is -1.77. The van der Waals surface area contributed by atoms with E-state index < -0.39 is 0 Å². The summed E-state index contributed by atoms with van der Waals surface area (Å²) in [6, 6.07) is 1.95. The number of ether oxygens (including phenoxy) is 1. The number of aromatic nitrogens is 1. The van der Waals surface area contributed by atoms with Crippen LogP contribution in [-0.4, -0.2) is 43.6 Å². The van der Waals surface area contributed by atoms with Crippen molar-refractivity contribution in [1.82, 2.24) is 15.6 Å². The molecule has 0 spiro atoms. The molecule has 0 saturated heterocycles. The minimum atomic E-state index is -0.352. The van der Waals surface area contributed by atoms with E-state index in [0.29, 0.717) is 18.8 Å². The van der Waals surface area contributed by atoms with Gasteiger partial charge in [-0.1, -0.05) is 0 Å². The van der Waals surface area contributed by atoms with Gasteiger partial charge in [0, 0.05) is 30.0 Å². The van der Waals surface area contributed by atoms with Gasteiger partial charge < -0.3 is 15.4 Å². The topological polar surface area (TPSA) is 80.3 Å². The largest absolute Gasteiger partial charge is 0.383 e. The fraction of sp³-hybridized carbons (Fsp3) is 0.308. The molecule has 0 unspecified atom stereocenters. The maximum Gasteiger partial charge on any atom is 0.271 e. The van der Waals surface area contributed by atoms with E-state index in [2.05, 4.69) is 15.6 Å². The standard InChI is InChI=1S/C13H15N3O3S2/c1-19-4-3-14-11(17)6-15-12(18)10-8-21-13(16-10)9-2-5-20-7-9/h2,5,7-8H,3-4,6H2,1H3,(H,14,17)(H,15,18). The SMILES string of the molecule is COCCNC(=O)CNC(=O)c1csc(-c2ccsc2)n1. The first-order chi connectivity index (χ1) is 10.2. The molecule has 2 heterocycles. The first-order valence-electron chi connectivity index (χ1n) is 6.22. The first kappa shape index (κ1) is 15.6. The molecule has 0 bridgehead atoms. The zero-order chi connectivity index (χ0) is 15.1. The number of nitrogens with one attached hydrogen (secondary N) is 2. The Kier molecular flexibility index (Phi) is 5.85. The predicted molar refractivity (Wildman–Crippen MR) is 82.6 cm³/mol. The molecular formula is C13H15N3O3S2. The van der Waals surface area contributed by atoms with Crippen molar-refractivity contribution >= 4 is 34.5 Å². The van der Waals surface area contributed by atoms with Gasteiger partial charge in [0.25, 0.3) is 5.91 Å². The van der Waals surface area contributed by atoms with Crippen LogP contribution in [0.5, 0.6) is 0 Å². The van der Waals surface area contributed by atoms with Gasteiger partial charge in [-0.25, -0.2) is 4.98 Å². The lowest BCUT2D eigenvalue weighted by Crippen LogP contribution is -2.38. The molecule has 21 heavy (non-hydrogen) atoms. The molecule has 2 rings (SSSR count). The Balaban J connectivity index is 1.82. The highest BCUT2D eigenvalue weighted by atomic mass is 32.1. The average Bonchev–Trinajstić information content (AvgIpc) is 3.15. The number of thiophene rings is 1. The van der Waals surface area contributed by atoms with Gasteiger partial charge >= 0.3 is 0 Å². The van der Waals surface area contributed by atoms with Gasteiger partial charge in [0.05, 0.1) is 13.2 Å². The van der Waals surface area contributed by atoms with Gasteiger partial charge in [0.1, 0.15) is 10.7 Å². The molecule has 112 valence electrons. The number of carbonyl (C=O) groups is 2. The second-order valence-corrected chi connectivity index (χ2v) is 5.71. The second kappa shape index (κ2) is 7.87. The van der Waals surface area contributed by atoms with Crippen LogP contribution in [0.1, 0.15) is 10.5 Å². The highest BCUT2D eigenvalue weighted by molar-refractivity contribution is 7.14. The number of rotatable bonds is 7. The lowest BCUT2D eigenvalue weighted by atomic mass is 10.3. The van der Waals surface area contributed by atoms with Crippen LogP contribution in [0.25, 0.3) is 10.6 Å². The summed E-state index contributed by atoms with van der Waals surface area (Å²) in [4.78, 5) is 27.6. The minimum Gasteiger partial charge on any atom is -0.383 e. The van der Waals surface area contributed by atoms with Crippen LogP contribution in [0.3, 0.4) is 0 Å². The lowest BCUT2D eigenvalue weighted by Gasteiger charge is -2.05. The molecule has 0 aromatic carbocycles. The first-order valence-corrected chi connectivity index (χ1v) is 8.05. The van der Waals surface area contributed by atoms with E-state index in [0.717, 1.165) is 10.6 Å². The quantitative estimate of drug-likeness (QED) is 0.753. The van der Waals surface area contributed by atoms with Crippen molar-refractivity contribution in [3.63, 3.8) is 0 Å². The molecule has 0 aliphatic rings. The molecule has 2 aromatic heterocycles. The molecule has 0 aliphatic carbocycles. The van der Waals surface area contributed by atoms with E-state index in [1.807, 2.05) is 16.8 Å². The van der Waals surface area contributed by atoms with Crippen LogP contribution >= 0.6 is 22.7 Å². The summed E-state index contributed by atoms with van der Waals surface area (Å²) in [6.45, 7) is 0.786. The van der Waals surface area contributed by atoms with Crippen molar-refractivity contribution in [2.75, 3.05) is 26.8 Å². The second-order valence-electron chi connectivity index (χ2n) is 4.08. The highest BCUT2D eigenvalue weighted by Crippen LogP contribution is 2.25. The van der Waals surface area contributed by atoms with Crippen LogP contribution in [0.4, 0.5) is 0 Å². The van der Waals surface area contributed by atoms with Crippen LogP contribution in [0, 0.1) is 0 Å². The molecule has 2 amide bonds. The summed E-state index contributed by atoms with van der Waals surface area (Å²) >= 11 is 2.98. The van der Waals surface area contributed by atoms with Crippen molar-refractivity contribution in [1.29, 1.82) is 0 Å². The summed E-state index contributed by atoms with van der Waals surface area (Å²) in [5, 5.41) is 11.6. The van der Waals surface area contributed by atoms with E-state index in [1.165, 1.54) is 11.3 Å². The third-order valence-corrected chi connectivity index (χ3v) is 4.12. The normalized spacial score (nSPS) is 10.3. The van der Waals surface area contributed by atoms with Crippen LogP contribution in [0.2, 0.25) is 0 Å². The van der Waals surface area contributed by atoms with Crippen molar-refractivity contribution in [3.05, 3.63) is 27.9 Å². The summed E-state index contributed by atoms with van der Waals surface area (Å²) in [6.07, 6.45) is 0. The van der Waals surface area contributed by atoms with Crippen molar-refractivity contribution in [2.24, 2.45) is 0 Å². The number of thiazole rings is 1. The molecule has 0 saturated carbocycles. The Labute approximate surface area is 130 Å². The summed E-state index contributed by atoms with van der Waals surface area (Å²) in [5.74, 6) is -0.608. The van der Waals surface area contributed by atoms with Gasteiger partial charge in [-0.2, -0.15) is 11.3 Å². The molecular weight excluding hydrogens is 310 g/mol. The van der Waals surface area contributed by atoms with Crippen LogP contribution < -0.4 is 10.6 Å². The number of amides is 2. The molecule has 8 heteroatoms. The zero-order valence-electron chi connectivity index (χ0n) is 11.4. The van der Waals surface area contributed by atoms with Gasteiger partial charge in [0.15, 0.2) is 0 Å². The monoisotopic (exact) mass is 325 g/mol. The smallest absolute Gasteiger partial charge is 0.271 e. The van der Waals surface area contributed by atoms with Gasteiger partial charge in [-0.15, -0.1) is 11.3 Å². The summed E-state index contributed by atoms with van der Waals surface area (Å²) in [7, 11) is 1.56. The third kappa shape index (κ3) is 4.62. The summed E-state index contributed by atoms with van der Waals surface area (Å²) < 4.78 is 4.82. The molecule has 0 aliphatic heterocycles. The van der Waals surface area contributed by atoms with E-state index in [-0.39, 0.29) is 18.4 Å². The van der Waals surface area contributed by atoms with Crippen molar-refractivity contribution in [2.45, 2.75) is 0 Å². The van der Waals surface area contributed by atoms with E-state index in [9.17, 15) is 9.59 Å². The molecule has 0 atom stereocenters. The van der Waals surface area contributed by atoms with Crippen LogP contribution in [-0.2, 0) is 9.53 Å². The predicted octanol–water partition coefficient (Wildman–Crippen LogP) is 1.36. The Morgan fingerprint density at radius 3 is 2.90 bits per heavy atom. The number of hydrogen-bond acceptors (Lipinski definition) is 6. The Morgan fingerprint density at radius 2 is 2.19 bits per heavy atom. The fourth-order valence-corrected chi connectivity index (χ4v) is 3.02. The maximum absolute atomic E-state index is 11.9. The van der Waals surface area contributed by atoms with Gasteiger partial charge in [-0.3, -0.25) is 9.59 Å². The highest BCUT2D eigenvalue weighted by Gasteiger charge is 2.13. The Morgan fingerprint density at radius 1 is 1.33 bits per heavy atom. The number of carbonyl (C=O) groups excluding carboxylic acids is 2. The van der Waals surface area contributed by atoms with E-state index in [4.69, 9.17) is 4.74 Å². The maximum atomic E-state index is 11.9. The molecule has 0 radical (unpaired) electrons. The number of nitrogens with zero attached hydrogens (tertiary/aromatic N) is 1. The summed E-state index contributed by atoms with van der Waals surface area (Å²) in [5.41, 5.74) is 1.33. The van der Waals surface area contributed by atoms with E-state index >= 15 is 0 Å². The van der Waals surface area contributed by atoms with E-state index in [1.54, 1.807) is 23.8 Å². The number of methoxy groups -OCH3 is 1. The average molecular weight is 325 g/mol. The molecule has 2 aromatic rings. The minimum absolute atomic E-state index is 0.0755. The fourth-order valence-electron chi connectivity index (χ4n) is 1.50. The zero-order valence-corrected chi connectivity index (χ0v) is 13.1. The lowest BCUT2D eigenvalue weighted by molar-refractivity contribution is -0.120. The molecule has 6 nitrogen and oxygen atoms in total. The van der Waals surface area contributed by atoms with Gasteiger partial charge in [-0.05, 0) is 11.4 Å². The molecule has 0 fully saturated rings. The number of hydrogen-bond donors (Lipinski definition) is 2. The van der Waals surface area contributed by atoms with Crippen molar-refractivity contribution in [3.8, 4) is 10.6 Å². The molecule has 2 N–H and O–H groups in total. The van der Waals surface area contributed by atoms with Gasteiger partial charge in [0.2, 0.25) is 5.91 Å². The Bertz CT molecular complexity index is 596. The van der Waals surface area contributed by atoms with Crippen molar-refractivity contribution < 1.29 is 14.3 Å². The van der Waals surface area contributed by atoms with Crippen LogP contribution in [0.15, 0.2) is 22.2 Å². The third-order valence-electron chi connectivity index (χ3n) is 2.54.